The first-order valence-electron chi connectivity index (χ1n) is 5.32. The van der Waals surface area contributed by atoms with Gasteiger partial charge in [0.15, 0.2) is 0 Å². The molecule has 0 spiro atoms. The molecule has 3 N–H and O–H groups in total. The lowest BCUT2D eigenvalue weighted by molar-refractivity contribution is -0.137. The molecule has 1 atom stereocenters. The van der Waals surface area contributed by atoms with E-state index in [1.807, 2.05) is 20.8 Å². The minimum absolute atomic E-state index is 0.0298. The number of nitrogens with zero attached hydrogens (tertiary/aromatic N) is 1. The van der Waals surface area contributed by atoms with Crippen molar-refractivity contribution in [2.75, 3.05) is 5.32 Å². The maximum atomic E-state index is 11.1. The van der Waals surface area contributed by atoms with Crippen molar-refractivity contribution in [2.45, 2.75) is 33.2 Å². The lowest BCUT2D eigenvalue weighted by atomic mass is 9.85. The van der Waals surface area contributed by atoms with Crippen LogP contribution >= 0.6 is 0 Å². The van der Waals surface area contributed by atoms with Crippen LogP contribution in [0.4, 0.5) is 5.82 Å². The summed E-state index contributed by atoms with van der Waals surface area (Å²) in [6.07, 6.45) is 1.25. The standard InChI is InChI=1S/C11H17N3O3/c1-11(2,3)7(4-10(16)17)14-8-5-9(15)13-6-12-8/h5-7H,4H2,1-3H3,(H,16,17)(H2,12,13,14,15). The highest BCUT2D eigenvalue weighted by atomic mass is 16.4. The second-order valence-electron chi connectivity index (χ2n) is 4.96. The summed E-state index contributed by atoms with van der Waals surface area (Å²) in [4.78, 5) is 28.2. The van der Waals surface area contributed by atoms with E-state index in [9.17, 15) is 9.59 Å². The Morgan fingerprint density at radius 3 is 2.71 bits per heavy atom. The van der Waals surface area contributed by atoms with Gasteiger partial charge in [-0.2, -0.15) is 0 Å². The Morgan fingerprint density at radius 1 is 1.59 bits per heavy atom. The number of nitrogens with one attached hydrogen (secondary N) is 2. The summed E-state index contributed by atoms with van der Waals surface area (Å²) >= 11 is 0. The zero-order valence-corrected chi connectivity index (χ0v) is 10.2. The van der Waals surface area contributed by atoms with Gasteiger partial charge in [-0.15, -0.1) is 0 Å². The topological polar surface area (TPSA) is 95.1 Å². The molecule has 1 aromatic heterocycles. The second-order valence-corrected chi connectivity index (χ2v) is 4.96. The number of H-pyrrole nitrogens is 1. The Hall–Kier alpha value is -1.85. The lowest BCUT2D eigenvalue weighted by Crippen LogP contribution is -2.36. The molecule has 0 aliphatic heterocycles. The van der Waals surface area contributed by atoms with E-state index >= 15 is 0 Å². The lowest BCUT2D eigenvalue weighted by Gasteiger charge is -2.30. The molecule has 6 heteroatoms. The molecular weight excluding hydrogens is 222 g/mol. The minimum atomic E-state index is -0.887. The quantitative estimate of drug-likeness (QED) is 0.730. The smallest absolute Gasteiger partial charge is 0.305 e. The fourth-order valence-electron chi connectivity index (χ4n) is 1.37. The van der Waals surface area contributed by atoms with Gasteiger partial charge in [-0.05, 0) is 5.41 Å². The molecule has 94 valence electrons. The number of rotatable bonds is 4. The number of carbonyl (C=O) groups is 1. The number of aromatic amines is 1. The number of anilines is 1. The van der Waals surface area contributed by atoms with Crippen molar-refractivity contribution >= 4 is 11.8 Å². The van der Waals surface area contributed by atoms with Crippen molar-refractivity contribution < 1.29 is 9.90 Å². The average Bonchev–Trinajstić information content (AvgIpc) is 2.14. The van der Waals surface area contributed by atoms with Gasteiger partial charge in [0.25, 0.3) is 5.56 Å². The van der Waals surface area contributed by atoms with Crippen LogP contribution in [0.5, 0.6) is 0 Å². The molecule has 1 unspecified atom stereocenters. The molecule has 17 heavy (non-hydrogen) atoms. The van der Waals surface area contributed by atoms with Crippen molar-refractivity contribution in [3.05, 3.63) is 22.7 Å². The van der Waals surface area contributed by atoms with E-state index in [1.54, 1.807) is 0 Å². The van der Waals surface area contributed by atoms with Gasteiger partial charge < -0.3 is 15.4 Å². The molecule has 0 saturated carbocycles. The van der Waals surface area contributed by atoms with Gasteiger partial charge in [-0.1, -0.05) is 20.8 Å². The number of aromatic nitrogens is 2. The fourth-order valence-corrected chi connectivity index (χ4v) is 1.37. The van der Waals surface area contributed by atoms with Crippen LogP contribution in [0, 0.1) is 5.41 Å². The summed E-state index contributed by atoms with van der Waals surface area (Å²) < 4.78 is 0. The van der Waals surface area contributed by atoms with E-state index in [0.717, 1.165) is 0 Å². The van der Waals surface area contributed by atoms with E-state index in [-0.39, 0.29) is 23.4 Å². The Balaban J connectivity index is 2.86. The number of carboxylic acids is 1. The molecule has 0 bridgehead atoms. The van der Waals surface area contributed by atoms with E-state index < -0.39 is 5.97 Å². The Labute approximate surface area is 99.1 Å². The van der Waals surface area contributed by atoms with Crippen LogP contribution in [0.15, 0.2) is 17.2 Å². The van der Waals surface area contributed by atoms with E-state index in [2.05, 4.69) is 15.3 Å². The summed E-state index contributed by atoms with van der Waals surface area (Å²) in [6.45, 7) is 5.79. The normalized spacial score (nSPS) is 13.1. The molecule has 0 fully saturated rings. The number of aliphatic carboxylic acids is 1. The molecule has 0 saturated heterocycles. The van der Waals surface area contributed by atoms with Gasteiger partial charge in [0.1, 0.15) is 5.82 Å². The number of carboxylic acid groups (broad SMARTS) is 1. The van der Waals surface area contributed by atoms with Gasteiger partial charge >= 0.3 is 5.97 Å². The van der Waals surface area contributed by atoms with Crippen molar-refractivity contribution in [3.8, 4) is 0 Å². The SMILES string of the molecule is CC(C)(C)C(CC(=O)O)Nc1cc(=O)[nH]cn1. The minimum Gasteiger partial charge on any atom is -0.481 e. The van der Waals surface area contributed by atoms with Crippen molar-refractivity contribution in [1.82, 2.24) is 9.97 Å². The molecule has 6 nitrogen and oxygen atoms in total. The van der Waals surface area contributed by atoms with Gasteiger partial charge in [0.05, 0.1) is 12.7 Å². The highest BCUT2D eigenvalue weighted by Crippen LogP contribution is 2.24. The number of hydrogen-bond acceptors (Lipinski definition) is 4. The van der Waals surface area contributed by atoms with E-state index in [1.165, 1.54) is 12.4 Å². The van der Waals surface area contributed by atoms with Crippen LogP contribution in [0.1, 0.15) is 27.2 Å². The maximum Gasteiger partial charge on any atom is 0.305 e. The second kappa shape index (κ2) is 4.99. The van der Waals surface area contributed by atoms with Gasteiger partial charge in [-0.3, -0.25) is 9.59 Å². The molecule has 0 aliphatic carbocycles. The predicted octanol–water partition coefficient (Wildman–Crippen LogP) is 1.07. The predicted molar refractivity (Wildman–Crippen MR) is 64.0 cm³/mol. The third-order valence-electron chi connectivity index (χ3n) is 2.42. The molecule has 1 rings (SSSR count). The van der Waals surface area contributed by atoms with E-state index in [0.29, 0.717) is 5.82 Å². The first kappa shape index (κ1) is 13.2. The summed E-state index contributed by atoms with van der Waals surface area (Å²) in [5.74, 6) is -0.503. The molecule has 0 amide bonds. The van der Waals surface area contributed by atoms with Crippen molar-refractivity contribution in [3.63, 3.8) is 0 Å². The third-order valence-corrected chi connectivity index (χ3v) is 2.42. The van der Waals surface area contributed by atoms with Gasteiger partial charge in [-0.25, -0.2) is 4.98 Å². The molecule has 0 aliphatic rings. The molecule has 0 radical (unpaired) electrons. The Bertz CT molecular complexity index is 448. The average molecular weight is 239 g/mol. The first-order valence-corrected chi connectivity index (χ1v) is 5.32. The molecule has 1 heterocycles. The summed E-state index contributed by atoms with van der Waals surface area (Å²) in [5, 5.41) is 11.8. The largest absolute Gasteiger partial charge is 0.481 e. The zero-order valence-electron chi connectivity index (χ0n) is 10.2. The monoisotopic (exact) mass is 239 g/mol. The van der Waals surface area contributed by atoms with Crippen LogP contribution < -0.4 is 10.9 Å². The highest BCUT2D eigenvalue weighted by Gasteiger charge is 2.27. The van der Waals surface area contributed by atoms with Crippen LogP contribution in [-0.4, -0.2) is 27.1 Å². The fraction of sp³-hybridized carbons (Fsp3) is 0.545. The Kier molecular flexibility index (Phi) is 3.88. The number of hydrogen-bond donors (Lipinski definition) is 3. The van der Waals surface area contributed by atoms with Crippen LogP contribution in [0.3, 0.4) is 0 Å². The summed E-state index contributed by atoms with van der Waals surface area (Å²) in [5.41, 5.74) is -0.520. The zero-order chi connectivity index (χ0) is 13.1. The molecular formula is C11H17N3O3. The van der Waals surface area contributed by atoms with E-state index in [4.69, 9.17) is 5.11 Å². The Morgan fingerprint density at radius 2 is 2.24 bits per heavy atom. The molecule has 1 aromatic rings. The van der Waals surface area contributed by atoms with Crippen molar-refractivity contribution in [1.29, 1.82) is 0 Å². The van der Waals surface area contributed by atoms with Gasteiger partial charge in [0, 0.05) is 12.1 Å². The maximum absolute atomic E-state index is 11.1. The van der Waals surface area contributed by atoms with Crippen LogP contribution in [0.25, 0.3) is 0 Å². The molecule has 0 aromatic carbocycles. The third kappa shape index (κ3) is 4.26. The van der Waals surface area contributed by atoms with Crippen molar-refractivity contribution in [2.24, 2.45) is 5.41 Å². The van der Waals surface area contributed by atoms with Crippen LogP contribution in [-0.2, 0) is 4.79 Å². The first-order chi connectivity index (χ1) is 7.79. The highest BCUT2D eigenvalue weighted by molar-refractivity contribution is 5.68. The van der Waals surface area contributed by atoms with Gasteiger partial charge in [0.2, 0.25) is 0 Å². The summed E-state index contributed by atoms with van der Waals surface area (Å²) in [6, 6.07) is 1.01. The van der Waals surface area contributed by atoms with Crippen LogP contribution in [0.2, 0.25) is 0 Å². The summed E-state index contributed by atoms with van der Waals surface area (Å²) in [7, 11) is 0.